The minimum absolute atomic E-state index is 0.0260. The molecule has 0 bridgehead atoms. The number of fused-ring (bicyclic) bond motifs is 1. The summed E-state index contributed by atoms with van der Waals surface area (Å²) in [5.74, 6) is 0. The van der Waals surface area contributed by atoms with Crippen LogP contribution in [0, 0.1) is 0 Å². The lowest BCUT2D eigenvalue weighted by Gasteiger charge is -2.30. The minimum Gasteiger partial charge on any atom is -0.383 e. The van der Waals surface area contributed by atoms with Crippen LogP contribution >= 0.6 is 0 Å². The van der Waals surface area contributed by atoms with E-state index in [4.69, 9.17) is 4.74 Å². The fourth-order valence-electron chi connectivity index (χ4n) is 3.06. The largest absolute Gasteiger partial charge is 0.383 e. The second-order valence-corrected chi connectivity index (χ2v) is 4.77. The van der Waals surface area contributed by atoms with Crippen LogP contribution in [0.15, 0.2) is 0 Å². The van der Waals surface area contributed by atoms with Gasteiger partial charge in [0.2, 0.25) is 0 Å². The van der Waals surface area contributed by atoms with Crippen LogP contribution in [-0.2, 0) is 4.74 Å². The van der Waals surface area contributed by atoms with Gasteiger partial charge in [-0.3, -0.25) is 4.90 Å². The standard InChI is InChI=1S/C10H18FNO.C2H6/c1-9(11)6-10(8-13-2)4-3-5-12(10)7-9;1-2/h3-8H2,1-2H3;1-2H3. The maximum Gasteiger partial charge on any atom is 0.122 e. The Hall–Kier alpha value is -0.150. The SMILES string of the molecule is CC.COCC12CCCN1CC(C)(F)C2. The van der Waals surface area contributed by atoms with Gasteiger partial charge in [0.15, 0.2) is 0 Å². The Balaban J connectivity index is 0.000000531. The number of hydrogen-bond donors (Lipinski definition) is 0. The molecular weight excluding hydrogens is 193 g/mol. The van der Waals surface area contributed by atoms with Crippen LogP contribution in [-0.4, -0.2) is 42.9 Å². The van der Waals surface area contributed by atoms with Gasteiger partial charge in [-0.05, 0) is 26.3 Å². The summed E-state index contributed by atoms with van der Waals surface area (Å²) in [4.78, 5) is 2.27. The Morgan fingerprint density at radius 3 is 2.67 bits per heavy atom. The highest BCUT2D eigenvalue weighted by molar-refractivity contribution is 5.08. The summed E-state index contributed by atoms with van der Waals surface area (Å²) < 4.78 is 19.0. The third-order valence-electron chi connectivity index (χ3n) is 3.37. The molecule has 0 N–H and O–H groups in total. The maximum atomic E-state index is 13.8. The van der Waals surface area contributed by atoms with Crippen LogP contribution in [0.2, 0.25) is 0 Å². The molecule has 0 amide bonds. The average Bonchev–Trinajstić information content (AvgIpc) is 2.60. The van der Waals surface area contributed by atoms with Gasteiger partial charge >= 0.3 is 0 Å². The predicted molar refractivity (Wildman–Crippen MR) is 60.9 cm³/mol. The number of rotatable bonds is 2. The molecule has 2 fully saturated rings. The molecule has 2 saturated heterocycles. The quantitative estimate of drug-likeness (QED) is 0.705. The van der Waals surface area contributed by atoms with Crippen molar-refractivity contribution >= 4 is 0 Å². The van der Waals surface area contributed by atoms with Crippen LogP contribution in [0.4, 0.5) is 4.39 Å². The molecule has 2 aliphatic rings. The summed E-state index contributed by atoms with van der Waals surface area (Å²) in [6, 6.07) is 0. The van der Waals surface area contributed by atoms with E-state index >= 15 is 0 Å². The predicted octanol–water partition coefficient (Wildman–Crippen LogP) is 2.63. The van der Waals surface area contributed by atoms with Crippen molar-refractivity contribution < 1.29 is 9.13 Å². The van der Waals surface area contributed by atoms with Gasteiger partial charge < -0.3 is 4.74 Å². The van der Waals surface area contributed by atoms with Gasteiger partial charge in [-0.15, -0.1) is 0 Å². The van der Waals surface area contributed by atoms with E-state index in [1.54, 1.807) is 14.0 Å². The van der Waals surface area contributed by atoms with Gasteiger partial charge in [0.25, 0.3) is 0 Å². The van der Waals surface area contributed by atoms with Crippen LogP contribution in [0.3, 0.4) is 0 Å². The number of halogens is 1. The number of hydrogen-bond acceptors (Lipinski definition) is 2. The van der Waals surface area contributed by atoms with Crippen LogP contribution < -0.4 is 0 Å². The Morgan fingerprint density at radius 1 is 1.40 bits per heavy atom. The highest BCUT2D eigenvalue weighted by Crippen LogP contribution is 2.44. The van der Waals surface area contributed by atoms with Gasteiger partial charge in [-0.25, -0.2) is 4.39 Å². The highest BCUT2D eigenvalue weighted by atomic mass is 19.1. The first-order valence-corrected chi connectivity index (χ1v) is 6.01. The lowest BCUT2D eigenvalue weighted by atomic mass is 9.90. The summed E-state index contributed by atoms with van der Waals surface area (Å²) in [7, 11) is 1.71. The Bertz CT molecular complexity index is 208. The zero-order chi connectivity index (χ0) is 11.5. The van der Waals surface area contributed by atoms with E-state index in [2.05, 4.69) is 4.90 Å². The van der Waals surface area contributed by atoms with Crippen molar-refractivity contribution in [2.45, 2.75) is 51.2 Å². The zero-order valence-electron chi connectivity index (χ0n) is 10.5. The lowest BCUT2D eigenvalue weighted by Crippen LogP contribution is -2.42. The lowest BCUT2D eigenvalue weighted by molar-refractivity contribution is 0.0644. The molecule has 2 unspecified atom stereocenters. The molecular formula is C12H24FNO. The van der Waals surface area contributed by atoms with Crippen molar-refractivity contribution in [2.24, 2.45) is 0 Å². The van der Waals surface area contributed by atoms with Crippen molar-refractivity contribution in [1.29, 1.82) is 0 Å². The Kier molecular flexibility index (Phi) is 4.13. The highest BCUT2D eigenvalue weighted by Gasteiger charge is 2.53. The van der Waals surface area contributed by atoms with Crippen LogP contribution in [0.25, 0.3) is 0 Å². The van der Waals surface area contributed by atoms with Gasteiger partial charge in [0.05, 0.1) is 6.61 Å². The van der Waals surface area contributed by atoms with Crippen molar-refractivity contribution in [2.75, 3.05) is 26.8 Å². The van der Waals surface area contributed by atoms with Crippen LogP contribution in [0.1, 0.15) is 40.0 Å². The molecule has 2 rings (SSSR count). The molecule has 0 aliphatic carbocycles. The van der Waals surface area contributed by atoms with E-state index in [-0.39, 0.29) is 5.54 Å². The zero-order valence-corrected chi connectivity index (χ0v) is 10.5. The number of ether oxygens (including phenoxy) is 1. The number of alkyl halides is 1. The summed E-state index contributed by atoms with van der Waals surface area (Å²) in [6.45, 7) is 8.04. The molecule has 2 heterocycles. The average molecular weight is 217 g/mol. The first-order chi connectivity index (χ1) is 7.08. The molecule has 0 saturated carbocycles. The smallest absolute Gasteiger partial charge is 0.122 e. The molecule has 90 valence electrons. The first kappa shape index (κ1) is 12.9. The summed E-state index contributed by atoms with van der Waals surface area (Å²) in [6.07, 6.45) is 2.94. The summed E-state index contributed by atoms with van der Waals surface area (Å²) >= 11 is 0. The topological polar surface area (TPSA) is 12.5 Å². The fourth-order valence-corrected chi connectivity index (χ4v) is 3.06. The van der Waals surface area contributed by atoms with E-state index in [9.17, 15) is 4.39 Å². The maximum absolute atomic E-state index is 13.8. The first-order valence-electron chi connectivity index (χ1n) is 6.01. The van der Waals surface area contributed by atoms with E-state index in [0.717, 1.165) is 13.0 Å². The van der Waals surface area contributed by atoms with Gasteiger partial charge in [0.1, 0.15) is 5.67 Å². The Morgan fingerprint density at radius 2 is 2.07 bits per heavy atom. The molecule has 0 spiro atoms. The van der Waals surface area contributed by atoms with Crippen molar-refractivity contribution in [3.05, 3.63) is 0 Å². The van der Waals surface area contributed by atoms with E-state index in [0.29, 0.717) is 19.6 Å². The molecule has 3 heteroatoms. The normalized spacial score (nSPS) is 39.8. The third-order valence-corrected chi connectivity index (χ3v) is 3.37. The van der Waals surface area contributed by atoms with Gasteiger partial charge in [-0.1, -0.05) is 13.8 Å². The third kappa shape index (κ3) is 2.51. The molecule has 2 aliphatic heterocycles. The number of nitrogens with zero attached hydrogens (tertiary/aromatic N) is 1. The molecule has 0 aromatic rings. The van der Waals surface area contributed by atoms with Crippen molar-refractivity contribution in [3.8, 4) is 0 Å². The van der Waals surface area contributed by atoms with Crippen molar-refractivity contribution in [3.63, 3.8) is 0 Å². The number of methoxy groups -OCH3 is 1. The van der Waals surface area contributed by atoms with E-state index in [1.807, 2.05) is 13.8 Å². The van der Waals surface area contributed by atoms with Crippen LogP contribution in [0.5, 0.6) is 0 Å². The Labute approximate surface area is 92.8 Å². The second-order valence-electron chi connectivity index (χ2n) is 4.77. The molecule has 2 nitrogen and oxygen atoms in total. The van der Waals surface area contributed by atoms with E-state index in [1.165, 1.54) is 6.42 Å². The summed E-state index contributed by atoms with van der Waals surface area (Å²) in [5, 5.41) is 0. The molecule has 2 atom stereocenters. The fraction of sp³-hybridized carbons (Fsp3) is 1.00. The molecule has 0 aromatic carbocycles. The molecule has 15 heavy (non-hydrogen) atoms. The monoisotopic (exact) mass is 217 g/mol. The summed E-state index contributed by atoms with van der Waals surface area (Å²) in [5.41, 5.74) is -0.975. The molecule has 0 radical (unpaired) electrons. The van der Waals surface area contributed by atoms with Gasteiger partial charge in [0, 0.05) is 25.6 Å². The minimum atomic E-state index is -1.00. The van der Waals surface area contributed by atoms with Crippen molar-refractivity contribution in [1.82, 2.24) is 4.90 Å². The second kappa shape index (κ2) is 4.79. The van der Waals surface area contributed by atoms with Gasteiger partial charge in [-0.2, -0.15) is 0 Å². The van der Waals surface area contributed by atoms with E-state index < -0.39 is 5.67 Å². The molecule has 0 aromatic heterocycles.